The van der Waals surface area contributed by atoms with E-state index in [1.165, 1.54) is 12.2 Å². The molecule has 0 aliphatic carbocycles. The van der Waals surface area contributed by atoms with E-state index in [-0.39, 0.29) is 11.8 Å². The number of hydrogen-bond acceptors (Lipinski definition) is 2. The molecule has 0 fully saturated rings. The molecule has 0 heterocycles. The third-order valence-electron chi connectivity index (χ3n) is 4.24. The zero-order chi connectivity index (χ0) is 21.2. The van der Waals surface area contributed by atoms with E-state index in [1.54, 1.807) is 36.4 Å². The molecule has 4 nitrogen and oxygen atoms in total. The van der Waals surface area contributed by atoms with Crippen LogP contribution in [0, 0.1) is 0 Å². The number of rotatable bonds is 7. The third kappa shape index (κ3) is 6.47. The van der Waals surface area contributed by atoms with Gasteiger partial charge in [-0.1, -0.05) is 90.5 Å². The van der Waals surface area contributed by atoms with E-state index in [0.29, 0.717) is 10.6 Å². The maximum absolute atomic E-state index is 12.5. The summed E-state index contributed by atoms with van der Waals surface area (Å²) in [5.41, 5.74) is 2.40. The number of nitrogens with one attached hydrogen (secondary N) is 2. The van der Waals surface area contributed by atoms with Crippen molar-refractivity contribution in [2.75, 3.05) is 0 Å². The van der Waals surface area contributed by atoms with Gasteiger partial charge in [0.1, 0.15) is 6.17 Å². The van der Waals surface area contributed by atoms with Crippen molar-refractivity contribution in [2.45, 2.75) is 6.17 Å². The third-order valence-corrected chi connectivity index (χ3v) is 4.59. The molecule has 2 N–H and O–H groups in total. The van der Waals surface area contributed by atoms with Crippen molar-refractivity contribution in [1.82, 2.24) is 10.6 Å². The molecule has 0 aliphatic heterocycles. The van der Waals surface area contributed by atoms with Gasteiger partial charge in [0.25, 0.3) is 0 Å². The second kappa shape index (κ2) is 10.8. The number of halogens is 1. The largest absolute Gasteiger partial charge is 0.328 e. The summed E-state index contributed by atoms with van der Waals surface area (Å²) in [6.45, 7) is 0. The smallest absolute Gasteiger partial charge is 0.245 e. The topological polar surface area (TPSA) is 58.2 Å². The van der Waals surface area contributed by atoms with E-state index in [4.69, 9.17) is 11.6 Å². The van der Waals surface area contributed by atoms with Crippen molar-refractivity contribution < 1.29 is 9.59 Å². The van der Waals surface area contributed by atoms with Gasteiger partial charge in [-0.2, -0.15) is 0 Å². The first-order valence-corrected chi connectivity index (χ1v) is 9.81. The highest BCUT2D eigenvalue weighted by molar-refractivity contribution is 6.31. The van der Waals surface area contributed by atoms with Crippen molar-refractivity contribution >= 4 is 35.6 Å². The van der Waals surface area contributed by atoms with Gasteiger partial charge in [-0.25, -0.2) is 0 Å². The number of hydrogen-bond donors (Lipinski definition) is 2. The van der Waals surface area contributed by atoms with Gasteiger partial charge in [-0.05, 0) is 29.3 Å². The Hall–Kier alpha value is -3.63. The second-order valence-electron chi connectivity index (χ2n) is 6.46. The fourth-order valence-electron chi connectivity index (χ4n) is 2.75. The molecule has 3 rings (SSSR count). The number of amides is 2. The predicted molar refractivity (Wildman–Crippen MR) is 121 cm³/mol. The van der Waals surface area contributed by atoms with Crippen LogP contribution in [0.4, 0.5) is 0 Å². The number of benzene rings is 3. The summed E-state index contributed by atoms with van der Waals surface area (Å²) in [4.78, 5) is 24.9. The molecule has 0 spiro atoms. The SMILES string of the molecule is O=C(/C=C/c1ccccc1)NC(NC(=O)/C=C/c1ccccc1)c1ccccc1Cl. The molecule has 0 unspecified atom stereocenters. The van der Waals surface area contributed by atoms with Crippen molar-refractivity contribution in [1.29, 1.82) is 0 Å². The molecule has 30 heavy (non-hydrogen) atoms. The van der Waals surface area contributed by atoms with Crippen LogP contribution in [0.25, 0.3) is 12.2 Å². The van der Waals surface area contributed by atoms with E-state index in [2.05, 4.69) is 10.6 Å². The molecule has 0 aromatic heterocycles. The minimum absolute atomic E-state index is 0.351. The molecule has 150 valence electrons. The minimum atomic E-state index is -0.778. The normalized spacial score (nSPS) is 11.1. The molecule has 3 aromatic rings. The van der Waals surface area contributed by atoms with Crippen LogP contribution < -0.4 is 10.6 Å². The molecule has 0 aliphatic rings. The maximum atomic E-state index is 12.5. The van der Waals surface area contributed by atoms with Crippen LogP contribution in [0.2, 0.25) is 5.02 Å². The molecule has 5 heteroatoms. The summed E-state index contributed by atoms with van der Waals surface area (Å²) in [5.74, 6) is -0.702. The summed E-state index contributed by atoms with van der Waals surface area (Å²) >= 11 is 6.29. The molecule has 3 aromatic carbocycles. The number of carbonyl (C=O) groups excluding carboxylic acids is 2. The van der Waals surface area contributed by atoms with Crippen LogP contribution in [-0.2, 0) is 9.59 Å². The summed E-state index contributed by atoms with van der Waals surface area (Å²) in [6.07, 6.45) is 5.47. The zero-order valence-electron chi connectivity index (χ0n) is 16.2. The van der Waals surface area contributed by atoms with E-state index >= 15 is 0 Å². The Bertz CT molecular complexity index is 984. The minimum Gasteiger partial charge on any atom is -0.328 e. The van der Waals surface area contributed by atoms with Gasteiger partial charge in [0.15, 0.2) is 0 Å². The lowest BCUT2D eigenvalue weighted by molar-refractivity contribution is -0.119. The van der Waals surface area contributed by atoms with Gasteiger partial charge >= 0.3 is 0 Å². The Labute approximate surface area is 180 Å². The van der Waals surface area contributed by atoms with Crippen LogP contribution in [0.15, 0.2) is 97.1 Å². The fraction of sp³-hybridized carbons (Fsp3) is 0.0400. The Balaban J connectivity index is 1.73. The van der Waals surface area contributed by atoms with Gasteiger partial charge in [-0.15, -0.1) is 0 Å². The molecular formula is C25H21ClN2O2. The first-order chi connectivity index (χ1) is 14.6. The van der Waals surface area contributed by atoms with E-state index in [1.807, 2.05) is 60.7 Å². The fourth-order valence-corrected chi connectivity index (χ4v) is 3.00. The van der Waals surface area contributed by atoms with Crippen LogP contribution in [0.5, 0.6) is 0 Å². The van der Waals surface area contributed by atoms with Crippen molar-refractivity contribution in [2.24, 2.45) is 0 Å². The summed E-state index contributed by atoms with van der Waals surface area (Å²) < 4.78 is 0. The first kappa shape index (κ1) is 21.1. The predicted octanol–water partition coefficient (Wildman–Crippen LogP) is 5.00. The number of carbonyl (C=O) groups is 2. The van der Waals surface area contributed by atoms with Gasteiger partial charge < -0.3 is 10.6 Å². The standard InChI is InChI=1S/C25H21ClN2O2/c26-22-14-8-7-13-21(22)25(27-23(29)17-15-19-9-3-1-4-10-19)28-24(30)18-16-20-11-5-2-6-12-20/h1-18,25H,(H,27,29)(H,28,30)/b17-15+,18-16+. The average molecular weight is 417 g/mol. The maximum Gasteiger partial charge on any atom is 0.245 e. The highest BCUT2D eigenvalue weighted by Crippen LogP contribution is 2.21. The van der Waals surface area contributed by atoms with E-state index in [0.717, 1.165) is 11.1 Å². The van der Waals surface area contributed by atoms with Crippen molar-refractivity contribution in [3.05, 3.63) is 119 Å². The molecule has 0 atom stereocenters. The molecule has 2 amide bonds. The summed E-state index contributed by atoms with van der Waals surface area (Å²) in [7, 11) is 0. The monoisotopic (exact) mass is 416 g/mol. The highest BCUT2D eigenvalue weighted by Gasteiger charge is 2.17. The average Bonchev–Trinajstić information content (AvgIpc) is 2.78. The van der Waals surface area contributed by atoms with Crippen LogP contribution >= 0.6 is 11.6 Å². The van der Waals surface area contributed by atoms with E-state index < -0.39 is 6.17 Å². The van der Waals surface area contributed by atoms with Gasteiger partial charge in [0, 0.05) is 22.7 Å². The van der Waals surface area contributed by atoms with Gasteiger partial charge in [-0.3, -0.25) is 9.59 Å². The summed E-state index contributed by atoms with van der Waals surface area (Å²) in [5, 5.41) is 6.04. The Kier molecular flexibility index (Phi) is 7.58. The Morgan fingerprint density at radius 3 is 1.57 bits per heavy atom. The van der Waals surface area contributed by atoms with Crippen molar-refractivity contribution in [3.8, 4) is 0 Å². The molecule has 0 saturated carbocycles. The quantitative estimate of drug-likeness (QED) is 0.420. The molecule has 0 saturated heterocycles. The zero-order valence-corrected chi connectivity index (χ0v) is 16.9. The Morgan fingerprint density at radius 2 is 1.10 bits per heavy atom. The lowest BCUT2D eigenvalue weighted by atomic mass is 10.1. The van der Waals surface area contributed by atoms with Crippen LogP contribution in [-0.4, -0.2) is 11.8 Å². The van der Waals surface area contributed by atoms with Crippen LogP contribution in [0.1, 0.15) is 22.9 Å². The van der Waals surface area contributed by atoms with Crippen molar-refractivity contribution in [3.63, 3.8) is 0 Å². The lowest BCUT2D eigenvalue weighted by Gasteiger charge is -2.20. The van der Waals surface area contributed by atoms with Gasteiger partial charge in [0.05, 0.1) is 0 Å². The Morgan fingerprint density at radius 1 is 0.667 bits per heavy atom. The first-order valence-electron chi connectivity index (χ1n) is 9.43. The molecule has 0 radical (unpaired) electrons. The second-order valence-corrected chi connectivity index (χ2v) is 6.87. The lowest BCUT2D eigenvalue weighted by Crippen LogP contribution is -2.40. The molecular weight excluding hydrogens is 396 g/mol. The van der Waals surface area contributed by atoms with E-state index in [9.17, 15) is 9.59 Å². The van der Waals surface area contributed by atoms with Crippen LogP contribution in [0.3, 0.4) is 0 Å². The molecule has 0 bridgehead atoms. The highest BCUT2D eigenvalue weighted by atomic mass is 35.5. The van der Waals surface area contributed by atoms with Gasteiger partial charge in [0.2, 0.25) is 11.8 Å². The summed E-state index contributed by atoms with van der Waals surface area (Å²) in [6, 6.07) is 26.0.